The number of carbonyl (C=O) groups excluding carboxylic acids is 7. The Morgan fingerprint density at radius 2 is 0.789 bits per heavy atom. The molecule has 0 aromatic carbocycles. The number of methoxy groups -OCH3 is 1. The lowest BCUT2D eigenvalue weighted by atomic mass is 9.82. The van der Waals surface area contributed by atoms with Crippen molar-refractivity contribution in [1.82, 2.24) is 21.3 Å². The molecule has 0 aromatic heterocycles. The van der Waals surface area contributed by atoms with E-state index >= 15 is 0 Å². The summed E-state index contributed by atoms with van der Waals surface area (Å²) >= 11 is 11.5. The van der Waals surface area contributed by atoms with Crippen molar-refractivity contribution >= 4 is 113 Å². The van der Waals surface area contributed by atoms with Crippen molar-refractivity contribution < 1.29 is 147 Å². The number of thiocarbonyl (C=S) groups is 2. The van der Waals surface area contributed by atoms with Gasteiger partial charge < -0.3 is 64.5 Å². The number of rotatable bonds is 41. The van der Waals surface area contributed by atoms with Crippen LogP contribution in [0.25, 0.3) is 0 Å². The van der Waals surface area contributed by atoms with Crippen LogP contribution in [0.4, 0.5) is 61.5 Å². The van der Waals surface area contributed by atoms with E-state index in [1.54, 1.807) is 0 Å². The molecule has 0 heterocycles. The lowest BCUT2D eigenvalue weighted by Gasteiger charge is -2.32. The third kappa shape index (κ3) is 31.0. The van der Waals surface area contributed by atoms with Gasteiger partial charge in [0.25, 0.3) is 0 Å². The molecule has 4 atom stereocenters. The lowest BCUT2D eigenvalue weighted by Crippen LogP contribution is -2.56. The Labute approximate surface area is 558 Å². The van der Waals surface area contributed by atoms with Crippen molar-refractivity contribution in [2.24, 2.45) is 28.6 Å². The minimum Gasteiger partial charge on any atom is -0.476 e. The Morgan fingerprint density at radius 1 is 0.495 bits per heavy atom. The van der Waals surface area contributed by atoms with Gasteiger partial charge in [0, 0.05) is 36.4 Å². The van der Waals surface area contributed by atoms with Gasteiger partial charge in [-0.25, -0.2) is 0 Å². The monoisotopic (exact) mass is 1520 g/mol. The number of ether oxygens (including phenoxy) is 5. The molecule has 8 N–H and O–H groups in total. The molecule has 0 fully saturated rings. The lowest BCUT2D eigenvalue weighted by molar-refractivity contribution is -0.360. The minimum atomic E-state index is -6.80. The number of hydrogen-bond donors (Lipinski definition) is 8. The van der Waals surface area contributed by atoms with Crippen LogP contribution in [0.15, 0.2) is 0 Å². The summed E-state index contributed by atoms with van der Waals surface area (Å²) in [5.74, 6) is -39.1. The number of hydrogen-bond acceptors (Lipinski definition) is 18. The second-order valence-electron chi connectivity index (χ2n) is 24.3. The molecule has 42 heteroatoms. The van der Waals surface area contributed by atoms with Gasteiger partial charge in [0.2, 0.25) is 32.4 Å². The van der Waals surface area contributed by atoms with Gasteiger partial charge in [-0.15, -0.1) is 0 Å². The highest BCUT2D eigenvalue weighted by Crippen LogP contribution is 2.49. The van der Waals surface area contributed by atoms with E-state index in [1.807, 2.05) is 0 Å². The van der Waals surface area contributed by atoms with E-state index < -0.39 is 246 Å². The van der Waals surface area contributed by atoms with Gasteiger partial charge in [0.15, 0.2) is 13.2 Å². The molecule has 0 radical (unpaired) electrons. The summed E-state index contributed by atoms with van der Waals surface area (Å²) in [5.41, 5.74) is -8.08. The molecule has 0 saturated heterocycles. The molecule has 554 valence electrons. The molecule has 0 saturated carbocycles. The van der Waals surface area contributed by atoms with E-state index in [4.69, 9.17) is 38.6 Å². The van der Waals surface area contributed by atoms with Gasteiger partial charge in [-0.3, -0.25) is 42.7 Å². The summed E-state index contributed by atoms with van der Waals surface area (Å²) < 4.78 is 238. The van der Waals surface area contributed by atoms with E-state index in [-0.39, 0.29) is 21.6 Å². The summed E-state index contributed by atoms with van der Waals surface area (Å²) in [7, 11) is -8.40. The Balaban J connectivity index is 7.69. The maximum absolute atomic E-state index is 14.4. The highest BCUT2D eigenvalue weighted by molar-refractivity contribution is 8.23. The fourth-order valence-electron chi connectivity index (χ4n) is 8.26. The third-order valence-electron chi connectivity index (χ3n) is 14.0. The normalized spacial score (nSPS) is 15.5. The first-order valence-corrected chi connectivity index (χ1v) is 35.1. The fraction of sp³-hybridized carbons (Fsp3) is 0.830. The molecule has 0 aliphatic heterocycles. The predicted octanol–water partition coefficient (Wildman–Crippen LogP) is 9.94. The highest BCUT2D eigenvalue weighted by atomic mass is 32.2. The SMILES string of the molecule is COC(=O)C(CCC(CCCC(C)(CSC(=S)OC(C)C)C(=O)OCC(F)(F)C(F)(F)C(F)(F)F)C(=O)NC(C)(C)C(=O)NCCP(=O)(O)O)CCC(CCCC(C)(CSC(=S)OC(C)C)C(=O)OCC(F)(F)C(F)(F)C(F)(F)F)C(=O)NC(C)(C)C(=O)NCCP(=O)(O)O. The molecule has 4 amide bonds. The van der Waals surface area contributed by atoms with Crippen molar-refractivity contribution in [2.75, 3.05) is 57.2 Å². The number of carbonyl (C=O) groups is 7. The average Bonchev–Trinajstić information content (AvgIpc) is 0.785. The molecular weight excluding hydrogens is 1440 g/mol. The first kappa shape index (κ1) is 91.1. The molecule has 22 nitrogen and oxygen atoms in total. The first-order chi connectivity index (χ1) is 42.7. The Morgan fingerprint density at radius 3 is 1.05 bits per heavy atom. The smallest absolute Gasteiger partial charge is 0.460 e. The second kappa shape index (κ2) is 37.0. The van der Waals surface area contributed by atoms with Gasteiger partial charge in [-0.2, -0.15) is 61.5 Å². The molecule has 0 aliphatic carbocycles. The molecule has 0 aromatic rings. The van der Waals surface area contributed by atoms with E-state index in [2.05, 4.69) is 30.7 Å². The second-order valence-corrected chi connectivity index (χ2v) is 31.0. The molecular formula is C53H82F14N4O18P2S4. The zero-order valence-corrected chi connectivity index (χ0v) is 58.5. The standard InChI is InChI=1S/C53H82F14N4O18P2S4/c1-30(2)88-42(92)94-28-46(9,40(77)86-26-48(54,55)50(58,59)52(62,63)64)20-12-14-32(35(72)70-44(5,6)38(75)68-22-24-90(79,80)81)16-18-34(37(74)85-11)19-17-33(36(73)71-45(7,8)39(76)69-23-25-91(82,83)84)15-13-21-47(10,29-95-43(93)89-31(3)4)41(78)87-27-49(56,57)51(60,61)53(65,66)67/h30-34H,12-29H2,1-11H3,(H,68,75)(H,69,76)(H,70,72)(H,71,73)(H2,79,80,81)(H2,82,83,84). The van der Waals surface area contributed by atoms with Crippen molar-refractivity contribution in [3.05, 3.63) is 0 Å². The van der Waals surface area contributed by atoms with Crippen LogP contribution in [0, 0.1) is 28.6 Å². The van der Waals surface area contributed by atoms with Crippen molar-refractivity contribution in [3.8, 4) is 0 Å². The van der Waals surface area contributed by atoms with Crippen molar-refractivity contribution in [3.63, 3.8) is 0 Å². The number of halogens is 14. The summed E-state index contributed by atoms with van der Waals surface area (Å²) in [4.78, 5) is 133. The van der Waals surface area contributed by atoms with Gasteiger partial charge in [-0.1, -0.05) is 36.4 Å². The van der Waals surface area contributed by atoms with Crippen LogP contribution < -0.4 is 21.3 Å². The highest BCUT2D eigenvalue weighted by Gasteiger charge is 2.74. The van der Waals surface area contributed by atoms with Gasteiger partial charge >= 0.3 is 69.1 Å². The van der Waals surface area contributed by atoms with Crippen LogP contribution in [0.2, 0.25) is 0 Å². The third-order valence-corrected chi connectivity index (χ3v) is 18.8. The average molecular weight is 1520 g/mol. The zero-order valence-electron chi connectivity index (χ0n) is 53.4. The number of esters is 3. The summed E-state index contributed by atoms with van der Waals surface area (Å²) in [5, 5.41) is 9.36. The van der Waals surface area contributed by atoms with Crippen LogP contribution in [-0.2, 0) is 66.4 Å². The maximum atomic E-state index is 14.4. The van der Waals surface area contributed by atoms with Crippen LogP contribution in [0.3, 0.4) is 0 Å². The number of amides is 4. The van der Waals surface area contributed by atoms with E-state index in [1.165, 1.54) is 27.7 Å². The molecule has 0 aliphatic rings. The van der Waals surface area contributed by atoms with E-state index in [9.17, 15) is 124 Å². The van der Waals surface area contributed by atoms with E-state index in [0.717, 1.165) is 48.7 Å². The zero-order chi connectivity index (χ0) is 74.6. The van der Waals surface area contributed by atoms with Gasteiger partial charge in [0.1, 0.15) is 11.1 Å². The topological polar surface area (TPSA) is 329 Å². The Kier molecular flexibility index (Phi) is 35.4. The van der Waals surface area contributed by atoms with Crippen LogP contribution in [0.5, 0.6) is 0 Å². The summed E-state index contributed by atoms with van der Waals surface area (Å²) in [6.07, 6.45) is -20.7. The maximum Gasteiger partial charge on any atom is 0.460 e. The van der Waals surface area contributed by atoms with Crippen LogP contribution in [-0.4, -0.2) is 186 Å². The van der Waals surface area contributed by atoms with Gasteiger partial charge in [0.05, 0.1) is 48.4 Å². The Bertz CT molecular complexity index is 2560. The molecule has 4 unspecified atom stereocenters. The molecule has 0 rings (SSSR count). The summed E-state index contributed by atoms with van der Waals surface area (Å²) in [6, 6.07) is 0. The molecule has 0 bridgehead atoms. The van der Waals surface area contributed by atoms with Crippen molar-refractivity contribution in [1.29, 1.82) is 0 Å². The van der Waals surface area contributed by atoms with Crippen molar-refractivity contribution in [2.45, 2.75) is 193 Å². The number of thioether (sulfide) groups is 2. The van der Waals surface area contributed by atoms with E-state index in [0.29, 0.717) is 23.5 Å². The number of alkyl halides is 14. The predicted molar refractivity (Wildman–Crippen MR) is 326 cm³/mol. The first-order valence-electron chi connectivity index (χ1n) is 28.7. The molecule has 95 heavy (non-hydrogen) atoms. The van der Waals surface area contributed by atoms with Gasteiger partial charge in [-0.05, 0) is 145 Å². The Hall–Kier alpha value is -3.91. The molecule has 0 spiro atoms. The summed E-state index contributed by atoms with van der Waals surface area (Å²) in [6.45, 7) is 6.13. The van der Waals surface area contributed by atoms with Crippen LogP contribution in [0.1, 0.15) is 133 Å². The quantitative estimate of drug-likeness (QED) is 0.00927. The number of nitrogens with one attached hydrogen (secondary N) is 4. The van der Waals surface area contributed by atoms with Crippen LogP contribution >= 0.6 is 63.2 Å². The fourth-order valence-corrected chi connectivity index (χ4v) is 11.7. The largest absolute Gasteiger partial charge is 0.476 e. The minimum absolute atomic E-state index is 0.247.